The Labute approximate surface area is 110 Å². The Balaban J connectivity index is 2.19. The van der Waals surface area contributed by atoms with Gasteiger partial charge in [0, 0.05) is 30.4 Å². The van der Waals surface area contributed by atoms with E-state index in [0.29, 0.717) is 12.0 Å². The predicted octanol–water partition coefficient (Wildman–Crippen LogP) is 2.97. The van der Waals surface area contributed by atoms with E-state index in [1.54, 1.807) is 6.20 Å². The van der Waals surface area contributed by atoms with Crippen molar-refractivity contribution in [2.45, 2.75) is 26.0 Å². The van der Waals surface area contributed by atoms with Gasteiger partial charge in [0.1, 0.15) is 11.6 Å². The first-order valence-corrected chi connectivity index (χ1v) is 6.12. The molecule has 0 aliphatic rings. The Bertz CT molecular complexity index is 542. The lowest BCUT2D eigenvalue weighted by atomic mass is 10.1. The van der Waals surface area contributed by atoms with Crippen LogP contribution in [0.1, 0.15) is 24.4 Å². The van der Waals surface area contributed by atoms with Crippen molar-refractivity contribution in [3.63, 3.8) is 0 Å². The maximum atomic E-state index is 12.9. The third-order valence-corrected chi connectivity index (χ3v) is 3.17. The minimum Gasteiger partial charge on any atom is -0.388 e. The van der Waals surface area contributed by atoms with Gasteiger partial charge in [-0.3, -0.25) is 0 Å². The third kappa shape index (κ3) is 2.71. The molecule has 1 aromatic carbocycles. The lowest BCUT2D eigenvalue weighted by Gasteiger charge is -2.13. The molecule has 0 radical (unpaired) electrons. The summed E-state index contributed by atoms with van der Waals surface area (Å²) in [4.78, 5) is 4.19. The Morgan fingerprint density at radius 1 is 1.50 bits per heavy atom. The quantitative estimate of drug-likeness (QED) is 0.926. The summed E-state index contributed by atoms with van der Waals surface area (Å²) in [5, 5.41) is 10.4. The first-order chi connectivity index (χ1) is 8.61. The molecule has 0 amide bonds. The molecule has 0 aliphatic carbocycles. The van der Waals surface area contributed by atoms with Crippen LogP contribution in [-0.4, -0.2) is 14.7 Å². The van der Waals surface area contributed by atoms with E-state index in [1.165, 1.54) is 18.2 Å². The van der Waals surface area contributed by atoms with Gasteiger partial charge in [-0.25, -0.2) is 9.37 Å². The number of aryl methyl sites for hydroxylation is 1. The number of aromatic nitrogens is 2. The third-order valence-electron chi connectivity index (χ3n) is 2.84. The van der Waals surface area contributed by atoms with Crippen LogP contribution in [0.25, 0.3) is 0 Å². The van der Waals surface area contributed by atoms with Gasteiger partial charge in [0.05, 0.1) is 6.10 Å². The number of imidazole rings is 1. The molecule has 3 nitrogen and oxygen atoms in total. The van der Waals surface area contributed by atoms with Crippen LogP contribution in [0.15, 0.2) is 30.6 Å². The number of rotatable bonds is 4. The summed E-state index contributed by atoms with van der Waals surface area (Å²) in [7, 11) is 0. The Morgan fingerprint density at radius 2 is 2.28 bits per heavy atom. The van der Waals surface area contributed by atoms with Crippen LogP contribution in [0.2, 0.25) is 5.02 Å². The second-order valence-corrected chi connectivity index (χ2v) is 4.42. The van der Waals surface area contributed by atoms with Crippen LogP contribution in [0.4, 0.5) is 4.39 Å². The molecule has 0 saturated carbocycles. The van der Waals surface area contributed by atoms with Crippen molar-refractivity contribution in [1.29, 1.82) is 0 Å². The lowest BCUT2D eigenvalue weighted by molar-refractivity contribution is 0.174. The molecule has 18 heavy (non-hydrogen) atoms. The van der Waals surface area contributed by atoms with Crippen molar-refractivity contribution < 1.29 is 9.50 Å². The van der Waals surface area contributed by atoms with Crippen molar-refractivity contribution in [3.8, 4) is 0 Å². The Morgan fingerprint density at radius 3 is 2.94 bits per heavy atom. The minimum atomic E-state index is -0.786. The first kappa shape index (κ1) is 13.1. The van der Waals surface area contributed by atoms with Gasteiger partial charge in [-0.15, -0.1) is 0 Å². The topological polar surface area (TPSA) is 38.0 Å². The number of halogens is 2. The summed E-state index contributed by atoms with van der Waals surface area (Å²) in [6.45, 7) is 2.79. The zero-order valence-electron chi connectivity index (χ0n) is 9.98. The molecule has 1 N–H and O–H groups in total. The van der Waals surface area contributed by atoms with Gasteiger partial charge < -0.3 is 9.67 Å². The summed E-state index contributed by atoms with van der Waals surface area (Å²) in [6, 6.07) is 3.99. The molecule has 0 fully saturated rings. The zero-order valence-corrected chi connectivity index (χ0v) is 10.7. The molecular formula is C13H14ClFN2O. The molecule has 0 spiro atoms. The summed E-state index contributed by atoms with van der Waals surface area (Å²) >= 11 is 5.91. The number of nitrogens with zero attached hydrogens (tertiary/aromatic N) is 2. The van der Waals surface area contributed by atoms with Crippen molar-refractivity contribution in [3.05, 3.63) is 52.8 Å². The highest BCUT2D eigenvalue weighted by Crippen LogP contribution is 2.26. The normalized spacial score (nSPS) is 12.7. The molecule has 2 rings (SSSR count). The van der Waals surface area contributed by atoms with E-state index >= 15 is 0 Å². The Hall–Kier alpha value is -1.39. The lowest BCUT2D eigenvalue weighted by Crippen LogP contribution is -2.08. The molecule has 0 aliphatic heterocycles. The van der Waals surface area contributed by atoms with Gasteiger partial charge in [0.25, 0.3) is 0 Å². The fourth-order valence-corrected chi connectivity index (χ4v) is 2.17. The van der Waals surface area contributed by atoms with Gasteiger partial charge >= 0.3 is 0 Å². The number of hydrogen-bond acceptors (Lipinski definition) is 2. The maximum Gasteiger partial charge on any atom is 0.124 e. The average molecular weight is 269 g/mol. The number of aliphatic hydroxyl groups is 1. The molecule has 1 atom stereocenters. The molecule has 1 heterocycles. The van der Waals surface area contributed by atoms with Crippen molar-refractivity contribution in [2.75, 3.05) is 0 Å². The number of aliphatic hydroxyl groups excluding tert-OH is 1. The fraction of sp³-hybridized carbons (Fsp3) is 0.308. The summed E-state index contributed by atoms with van der Waals surface area (Å²) in [5.41, 5.74) is 0.517. The monoisotopic (exact) mass is 268 g/mol. The minimum absolute atomic E-state index is 0.233. The van der Waals surface area contributed by atoms with Gasteiger partial charge in [-0.2, -0.15) is 0 Å². The van der Waals surface area contributed by atoms with E-state index in [4.69, 9.17) is 11.6 Å². The molecule has 96 valence electrons. The summed E-state index contributed by atoms with van der Waals surface area (Å²) in [5.74, 6) is 0.372. The molecule has 2 aromatic rings. The van der Waals surface area contributed by atoms with E-state index in [2.05, 4.69) is 4.98 Å². The van der Waals surface area contributed by atoms with Crippen LogP contribution < -0.4 is 0 Å². The van der Waals surface area contributed by atoms with Crippen molar-refractivity contribution in [2.24, 2.45) is 0 Å². The smallest absolute Gasteiger partial charge is 0.124 e. The van der Waals surface area contributed by atoms with Gasteiger partial charge in [-0.1, -0.05) is 17.7 Å². The Kier molecular flexibility index (Phi) is 3.99. The predicted molar refractivity (Wildman–Crippen MR) is 68.0 cm³/mol. The zero-order chi connectivity index (χ0) is 13.1. The van der Waals surface area contributed by atoms with E-state index in [-0.39, 0.29) is 5.02 Å². The molecule has 1 aromatic heterocycles. The first-order valence-electron chi connectivity index (χ1n) is 5.74. The molecule has 0 bridgehead atoms. The van der Waals surface area contributed by atoms with Crippen LogP contribution in [0.5, 0.6) is 0 Å². The van der Waals surface area contributed by atoms with Crippen LogP contribution >= 0.6 is 11.6 Å². The molecular weight excluding hydrogens is 255 g/mol. The maximum absolute atomic E-state index is 12.9. The number of hydrogen-bond donors (Lipinski definition) is 1. The largest absolute Gasteiger partial charge is 0.388 e. The van der Waals surface area contributed by atoms with E-state index in [1.807, 2.05) is 17.7 Å². The second kappa shape index (κ2) is 5.50. The SMILES string of the molecule is CCn1ccnc1CC(O)c1ccc(F)cc1Cl. The highest BCUT2D eigenvalue weighted by Gasteiger charge is 2.15. The molecule has 1 unspecified atom stereocenters. The van der Waals surface area contributed by atoms with E-state index in [0.717, 1.165) is 12.4 Å². The highest BCUT2D eigenvalue weighted by molar-refractivity contribution is 6.31. The van der Waals surface area contributed by atoms with Gasteiger partial charge in [-0.05, 0) is 24.6 Å². The number of benzene rings is 1. The van der Waals surface area contributed by atoms with Crippen molar-refractivity contribution in [1.82, 2.24) is 9.55 Å². The highest BCUT2D eigenvalue weighted by atomic mass is 35.5. The fourth-order valence-electron chi connectivity index (χ4n) is 1.87. The second-order valence-electron chi connectivity index (χ2n) is 4.02. The molecule has 0 saturated heterocycles. The van der Waals surface area contributed by atoms with Gasteiger partial charge in [0.2, 0.25) is 0 Å². The summed E-state index contributed by atoms with van der Waals surface area (Å²) < 4.78 is 14.9. The van der Waals surface area contributed by atoms with E-state index < -0.39 is 11.9 Å². The average Bonchev–Trinajstić information content (AvgIpc) is 2.76. The standard InChI is InChI=1S/C13H14ClFN2O/c1-2-17-6-5-16-13(17)8-12(18)10-4-3-9(15)7-11(10)14/h3-7,12,18H,2,8H2,1H3. The molecule has 5 heteroatoms. The van der Waals surface area contributed by atoms with Crippen LogP contribution in [0, 0.1) is 5.82 Å². The van der Waals surface area contributed by atoms with E-state index in [9.17, 15) is 9.50 Å². The van der Waals surface area contributed by atoms with Gasteiger partial charge in [0.15, 0.2) is 0 Å². The van der Waals surface area contributed by atoms with Crippen LogP contribution in [0.3, 0.4) is 0 Å². The summed E-state index contributed by atoms with van der Waals surface area (Å²) in [6.07, 6.45) is 3.11. The van der Waals surface area contributed by atoms with Crippen molar-refractivity contribution >= 4 is 11.6 Å². The van der Waals surface area contributed by atoms with Crippen LogP contribution in [-0.2, 0) is 13.0 Å².